The average molecular weight is 436 g/mol. The fourth-order valence-electron chi connectivity index (χ4n) is 3.70. The normalized spacial score (nSPS) is 14.4. The van der Waals surface area contributed by atoms with Gasteiger partial charge in [0.15, 0.2) is 0 Å². The van der Waals surface area contributed by atoms with Crippen LogP contribution in [0.5, 0.6) is 0 Å². The predicted molar refractivity (Wildman–Crippen MR) is 123 cm³/mol. The molecule has 3 aromatic carbocycles. The summed E-state index contributed by atoms with van der Waals surface area (Å²) in [6.07, 6.45) is 0. The van der Waals surface area contributed by atoms with Gasteiger partial charge in [0.25, 0.3) is 15.9 Å². The van der Waals surface area contributed by atoms with Crippen molar-refractivity contribution < 1.29 is 13.2 Å². The van der Waals surface area contributed by atoms with Gasteiger partial charge in [-0.25, -0.2) is 8.42 Å². The standard InChI is InChI=1S/C24H25N3O3S/c1-19-7-5-10-22(17-19)26-13-15-27(16-14-26)24(28)20-8-6-9-21(18-20)25-31(29,30)23-11-3-2-4-12-23/h2-12,17-18,25H,13-16H2,1H3. The predicted octanol–water partition coefficient (Wildman–Crippen LogP) is 3.76. The first-order valence-electron chi connectivity index (χ1n) is 10.2. The van der Waals surface area contributed by atoms with Gasteiger partial charge < -0.3 is 9.80 Å². The number of hydrogen-bond donors (Lipinski definition) is 1. The minimum absolute atomic E-state index is 0.0929. The Morgan fingerprint density at radius 1 is 0.839 bits per heavy atom. The minimum atomic E-state index is -3.70. The second-order valence-electron chi connectivity index (χ2n) is 7.62. The summed E-state index contributed by atoms with van der Waals surface area (Å²) in [5.74, 6) is -0.0929. The second-order valence-corrected chi connectivity index (χ2v) is 9.30. The van der Waals surface area contributed by atoms with Crippen molar-refractivity contribution in [2.24, 2.45) is 0 Å². The van der Waals surface area contributed by atoms with E-state index in [1.54, 1.807) is 42.5 Å². The summed E-state index contributed by atoms with van der Waals surface area (Å²) in [5, 5.41) is 0. The number of benzene rings is 3. The molecule has 7 heteroatoms. The number of hydrogen-bond acceptors (Lipinski definition) is 4. The van der Waals surface area contributed by atoms with Crippen LogP contribution in [0.1, 0.15) is 15.9 Å². The molecule has 1 N–H and O–H groups in total. The van der Waals surface area contributed by atoms with Gasteiger partial charge in [0.05, 0.1) is 4.90 Å². The van der Waals surface area contributed by atoms with Crippen LogP contribution in [-0.2, 0) is 10.0 Å². The molecule has 1 saturated heterocycles. The molecule has 0 aliphatic carbocycles. The number of sulfonamides is 1. The summed E-state index contributed by atoms with van der Waals surface area (Å²) in [5.41, 5.74) is 3.22. The number of piperazine rings is 1. The molecule has 0 atom stereocenters. The van der Waals surface area contributed by atoms with E-state index in [1.807, 2.05) is 11.0 Å². The van der Waals surface area contributed by atoms with E-state index in [2.05, 4.69) is 34.7 Å². The van der Waals surface area contributed by atoms with Crippen molar-refractivity contribution in [1.82, 2.24) is 4.90 Å². The third kappa shape index (κ3) is 4.88. The molecule has 0 aromatic heterocycles. The Labute approximate surface area is 183 Å². The first kappa shape index (κ1) is 20.9. The lowest BCUT2D eigenvalue weighted by Gasteiger charge is -2.36. The van der Waals surface area contributed by atoms with Crippen molar-refractivity contribution in [1.29, 1.82) is 0 Å². The molecule has 1 amide bonds. The summed E-state index contributed by atoms with van der Waals surface area (Å²) >= 11 is 0. The van der Waals surface area contributed by atoms with Gasteiger partial charge >= 0.3 is 0 Å². The first-order valence-corrected chi connectivity index (χ1v) is 11.7. The minimum Gasteiger partial charge on any atom is -0.368 e. The molecular weight excluding hydrogens is 410 g/mol. The number of aryl methyl sites for hydroxylation is 1. The summed E-state index contributed by atoms with van der Waals surface area (Å²) in [7, 11) is -3.70. The lowest BCUT2D eigenvalue weighted by Crippen LogP contribution is -2.48. The highest BCUT2D eigenvalue weighted by Crippen LogP contribution is 2.21. The Bertz CT molecular complexity index is 1170. The third-order valence-electron chi connectivity index (χ3n) is 5.35. The van der Waals surface area contributed by atoms with Crippen LogP contribution in [0.25, 0.3) is 0 Å². The molecule has 0 spiro atoms. The second kappa shape index (κ2) is 8.81. The first-order chi connectivity index (χ1) is 14.9. The zero-order valence-electron chi connectivity index (χ0n) is 17.4. The van der Waals surface area contributed by atoms with Gasteiger partial charge in [-0.3, -0.25) is 9.52 Å². The van der Waals surface area contributed by atoms with Crippen LogP contribution in [0.15, 0.2) is 83.8 Å². The maximum atomic E-state index is 13.0. The number of anilines is 2. The summed E-state index contributed by atoms with van der Waals surface area (Å²) in [6.45, 7) is 4.83. The molecule has 160 valence electrons. The molecule has 6 nitrogen and oxygen atoms in total. The fraction of sp³-hybridized carbons (Fsp3) is 0.208. The van der Waals surface area contributed by atoms with E-state index in [1.165, 1.54) is 23.4 Å². The number of carbonyl (C=O) groups excluding carboxylic acids is 1. The highest BCUT2D eigenvalue weighted by atomic mass is 32.2. The number of nitrogens with one attached hydrogen (secondary N) is 1. The van der Waals surface area contributed by atoms with Crippen LogP contribution in [0.2, 0.25) is 0 Å². The van der Waals surface area contributed by atoms with Gasteiger partial charge in [0, 0.05) is 43.1 Å². The molecule has 0 radical (unpaired) electrons. The Kier molecular flexibility index (Phi) is 5.95. The highest BCUT2D eigenvalue weighted by Gasteiger charge is 2.23. The Balaban J connectivity index is 1.43. The Morgan fingerprint density at radius 2 is 1.55 bits per heavy atom. The SMILES string of the molecule is Cc1cccc(N2CCN(C(=O)c3cccc(NS(=O)(=O)c4ccccc4)c3)CC2)c1. The monoisotopic (exact) mass is 435 g/mol. The maximum Gasteiger partial charge on any atom is 0.261 e. The lowest BCUT2D eigenvalue weighted by molar-refractivity contribution is 0.0747. The number of rotatable bonds is 5. The molecule has 0 saturated carbocycles. The molecule has 4 rings (SSSR count). The maximum absolute atomic E-state index is 13.0. The lowest BCUT2D eigenvalue weighted by atomic mass is 10.1. The van der Waals surface area contributed by atoms with Crippen molar-refractivity contribution in [2.45, 2.75) is 11.8 Å². The molecule has 0 unspecified atom stereocenters. The van der Waals surface area contributed by atoms with Gasteiger partial charge in [-0.2, -0.15) is 0 Å². The van der Waals surface area contributed by atoms with Crippen molar-refractivity contribution >= 4 is 27.3 Å². The number of nitrogens with zero attached hydrogens (tertiary/aromatic N) is 2. The molecule has 1 aliphatic heterocycles. The molecular formula is C24H25N3O3S. The topological polar surface area (TPSA) is 69.7 Å². The average Bonchev–Trinajstić information content (AvgIpc) is 2.79. The van der Waals surface area contributed by atoms with Gasteiger partial charge in [-0.15, -0.1) is 0 Å². The van der Waals surface area contributed by atoms with Crippen LogP contribution in [0.4, 0.5) is 11.4 Å². The van der Waals surface area contributed by atoms with Crippen LogP contribution in [0.3, 0.4) is 0 Å². The van der Waals surface area contributed by atoms with Gasteiger partial charge in [0.1, 0.15) is 0 Å². The molecule has 1 heterocycles. The van der Waals surface area contributed by atoms with Crippen molar-refractivity contribution in [3.05, 3.63) is 90.0 Å². The fourth-order valence-corrected chi connectivity index (χ4v) is 4.77. The third-order valence-corrected chi connectivity index (χ3v) is 6.75. The van der Waals surface area contributed by atoms with E-state index >= 15 is 0 Å². The Hall–Kier alpha value is -3.32. The van der Waals surface area contributed by atoms with E-state index in [9.17, 15) is 13.2 Å². The van der Waals surface area contributed by atoms with Crippen LogP contribution in [0, 0.1) is 6.92 Å². The summed E-state index contributed by atoms with van der Waals surface area (Å²) < 4.78 is 27.7. The zero-order valence-corrected chi connectivity index (χ0v) is 18.2. The molecule has 3 aromatic rings. The zero-order chi connectivity index (χ0) is 21.8. The van der Waals surface area contributed by atoms with E-state index < -0.39 is 10.0 Å². The van der Waals surface area contributed by atoms with Crippen LogP contribution < -0.4 is 9.62 Å². The summed E-state index contributed by atoms with van der Waals surface area (Å²) in [6, 6.07) is 23.2. The van der Waals surface area contributed by atoms with Gasteiger partial charge in [0.2, 0.25) is 0 Å². The van der Waals surface area contributed by atoms with E-state index in [0.29, 0.717) is 24.3 Å². The smallest absolute Gasteiger partial charge is 0.261 e. The Morgan fingerprint density at radius 3 is 2.26 bits per heavy atom. The van der Waals surface area contributed by atoms with Gasteiger partial charge in [-0.05, 0) is 55.0 Å². The van der Waals surface area contributed by atoms with Crippen molar-refractivity contribution in [3.8, 4) is 0 Å². The largest absolute Gasteiger partial charge is 0.368 e. The van der Waals surface area contributed by atoms with Crippen LogP contribution >= 0.6 is 0 Å². The molecule has 1 aliphatic rings. The summed E-state index contributed by atoms with van der Waals surface area (Å²) in [4.78, 5) is 17.3. The number of amides is 1. The highest BCUT2D eigenvalue weighted by molar-refractivity contribution is 7.92. The molecule has 31 heavy (non-hydrogen) atoms. The number of carbonyl (C=O) groups is 1. The van der Waals surface area contributed by atoms with Crippen LogP contribution in [-0.4, -0.2) is 45.4 Å². The van der Waals surface area contributed by atoms with Gasteiger partial charge in [-0.1, -0.05) is 36.4 Å². The van der Waals surface area contributed by atoms with E-state index in [-0.39, 0.29) is 10.8 Å². The van der Waals surface area contributed by atoms with E-state index in [4.69, 9.17) is 0 Å². The molecule has 0 bridgehead atoms. The van der Waals surface area contributed by atoms with Crippen molar-refractivity contribution in [3.63, 3.8) is 0 Å². The van der Waals surface area contributed by atoms with Crippen molar-refractivity contribution in [2.75, 3.05) is 35.8 Å². The van der Waals surface area contributed by atoms with E-state index in [0.717, 1.165) is 13.1 Å². The molecule has 1 fully saturated rings. The quantitative estimate of drug-likeness (QED) is 0.663.